The molecule has 0 nitrogen and oxygen atoms in total. The molecule has 4 unspecified atom stereocenters. The highest BCUT2D eigenvalue weighted by Gasteiger charge is 2.39. The number of fused-ring (bicyclic) bond motifs is 1. The lowest BCUT2D eigenvalue weighted by Crippen LogP contribution is -2.34. The van der Waals surface area contributed by atoms with Crippen molar-refractivity contribution in [1.82, 2.24) is 0 Å². The monoisotopic (exact) mass is 456 g/mol. The summed E-state index contributed by atoms with van der Waals surface area (Å²) in [5.74, 6) is 4.14. The van der Waals surface area contributed by atoms with Gasteiger partial charge in [-0.15, -0.1) is 6.58 Å². The van der Waals surface area contributed by atoms with E-state index in [4.69, 9.17) is 0 Å². The molecule has 4 atom stereocenters. The first-order chi connectivity index (χ1) is 16.1. The van der Waals surface area contributed by atoms with Crippen LogP contribution in [0.5, 0.6) is 0 Å². The van der Waals surface area contributed by atoms with E-state index >= 15 is 0 Å². The van der Waals surface area contributed by atoms with Gasteiger partial charge in [-0.3, -0.25) is 0 Å². The zero-order valence-electron chi connectivity index (χ0n) is 21.0. The fraction of sp³-hybridized carbons (Fsp3) is 0.742. The molecule has 3 saturated carbocycles. The number of rotatable bonds is 9. The summed E-state index contributed by atoms with van der Waals surface area (Å²) >= 11 is 0. The molecule has 1 aromatic carbocycles. The van der Waals surface area contributed by atoms with E-state index in [0.717, 1.165) is 48.0 Å². The molecule has 33 heavy (non-hydrogen) atoms. The van der Waals surface area contributed by atoms with Gasteiger partial charge >= 0.3 is 0 Å². The van der Waals surface area contributed by atoms with Crippen LogP contribution >= 0.6 is 0 Å². The van der Waals surface area contributed by atoms with E-state index in [0.29, 0.717) is 18.8 Å². The summed E-state index contributed by atoms with van der Waals surface area (Å²) in [6, 6.07) is 3.27. The average Bonchev–Trinajstić information content (AvgIpc) is 2.83. The fourth-order valence-electron chi connectivity index (χ4n) is 7.63. The minimum atomic E-state index is -0.358. The van der Waals surface area contributed by atoms with Crippen LogP contribution in [0, 0.1) is 41.2 Å². The van der Waals surface area contributed by atoms with E-state index in [1.807, 2.05) is 0 Å². The molecule has 3 fully saturated rings. The van der Waals surface area contributed by atoms with Crippen LogP contribution in [0.15, 0.2) is 24.8 Å². The van der Waals surface area contributed by atoms with Crippen molar-refractivity contribution < 1.29 is 8.78 Å². The molecule has 0 aromatic heterocycles. The molecule has 0 bridgehead atoms. The van der Waals surface area contributed by atoms with Crippen LogP contribution in [0.1, 0.15) is 120 Å². The topological polar surface area (TPSA) is 0 Å². The fourth-order valence-corrected chi connectivity index (χ4v) is 7.63. The molecule has 0 amide bonds. The highest BCUT2D eigenvalue weighted by atomic mass is 19.1. The highest BCUT2D eigenvalue weighted by Crippen LogP contribution is 2.51. The van der Waals surface area contributed by atoms with Crippen molar-refractivity contribution >= 4 is 0 Å². The molecule has 184 valence electrons. The average molecular weight is 457 g/mol. The second-order valence-corrected chi connectivity index (χ2v) is 11.7. The van der Waals surface area contributed by atoms with Crippen molar-refractivity contribution in [3.05, 3.63) is 47.5 Å². The molecule has 3 aliphatic carbocycles. The van der Waals surface area contributed by atoms with Crippen molar-refractivity contribution in [2.75, 3.05) is 0 Å². The van der Waals surface area contributed by atoms with Crippen molar-refractivity contribution in [3.8, 4) is 0 Å². The lowest BCUT2D eigenvalue weighted by molar-refractivity contribution is 0.0709. The van der Waals surface area contributed by atoms with Crippen LogP contribution in [0.4, 0.5) is 8.78 Å². The zero-order valence-corrected chi connectivity index (χ0v) is 21.0. The number of allylic oxidation sites excluding steroid dienone is 1. The molecule has 0 heterocycles. The van der Waals surface area contributed by atoms with Gasteiger partial charge in [0.1, 0.15) is 11.6 Å². The van der Waals surface area contributed by atoms with Crippen LogP contribution in [-0.2, 0) is 6.42 Å². The molecule has 4 rings (SSSR count). The quantitative estimate of drug-likeness (QED) is 0.256. The van der Waals surface area contributed by atoms with Crippen molar-refractivity contribution in [3.63, 3.8) is 0 Å². The predicted octanol–water partition coefficient (Wildman–Crippen LogP) is 9.77. The number of hydrogen-bond acceptors (Lipinski definition) is 0. The summed E-state index contributed by atoms with van der Waals surface area (Å²) in [6.07, 6.45) is 21.9. The Bertz CT molecular complexity index is 737. The highest BCUT2D eigenvalue weighted by molar-refractivity contribution is 5.29. The van der Waals surface area contributed by atoms with Gasteiger partial charge in [-0.25, -0.2) is 8.78 Å². The molecule has 0 N–H and O–H groups in total. The maximum Gasteiger partial charge on any atom is 0.129 e. The molecule has 2 heteroatoms. The lowest BCUT2D eigenvalue weighted by atomic mass is 9.60. The molecule has 0 radical (unpaired) electrons. The van der Waals surface area contributed by atoms with Crippen LogP contribution in [-0.4, -0.2) is 0 Å². The van der Waals surface area contributed by atoms with Gasteiger partial charge in [0.2, 0.25) is 0 Å². The van der Waals surface area contributed by atoms with E-state index in [2.05, 4.69) is 13.5 Å². The third-order valence-corrected chi connectivity index (χ3v) is 9.66. The van der Waals surface area contributed by atoms with Gasteiger partial charge in [-0.2, -0.15) is 0 Å². The second-order valence-electron chi connectivity index (χ2n) is 11.7. The Kier molecular flexibility index (Phi) is 9.05. The van der Waals surface area contributed by atoms with E-state index < -0.39 is 0 Å². The summed E-state index contributed by atoms with van der Waals surface area (Å²) in [5, 5.41) is 0. The summed E-state index contributed by atoms with van der Waals surface area (Å²) in [5.41, 5.74) is 1.13. The largest absolute Gasteiger partial charge is 0.207 e. The first kappa shape index (κ1) is 24.9. The molecule has 0 saturated heterocycles. The van der Waals surface area contributed by atoms with E-state index in [-0.39, 0.29) is 17.2 Å². The van der Waals surface area contributed by atoms with Gasteiger partial charge in [0.15, 0.2) is 0 Å². The predicted molar refractivity (Wildman–Crippen MR) is 135 cm³/mol. The standard InChI is InChI=1S/C31H46F2/c1-3-5-7-8-22-10-12-23(13-11-22)24-14-15-26-19-27(17-16-25(26)18-24)28-20-30(32)29(9-6-4-2)31(33)21-28/h4,20-27H,2-3,5-19H2,1H3. The minimum Gasteiger partial charge on any atom is -0.207 e. The van der Waals surface area contributed by atoms with Crippen molar-refractivity contribution in [2.24, 2.45) is 29.6 Å². The van der Waals surface area contributed by atoms with Gasteiger partial charge in [0.05, 0.1) is 0 Å². The third kappa shape index (κ3) is 6.29. The summed E-state index contributed by atoms with van der Waals surface area (Å²) < 4.78 is 29.2. The Balaban J connectivity index is 1.28. The Morgan fingerprint density at radius 1 is 0.818 bits per heavy atom. The molecular formula is C31H46F2. The van der Waals surface area contributed by atoms with Gasteiger partial charge < -0.3 is 0 Å². The first-order valence-electron chi connectivity index (χ1n) is 14.2. The second kappa shape index (κ2) is 12.0. The molecule has 3 aliphatic rings. The summed E-state index contributed by atoms with van der Waals surface area (Å²) in [6.45, 7) is 5.98. The Labute approximate surface area is 201 Å². The lowest BCUT2D eigenvalue weighted by Gasteiger charge is -2.45. The van der Waals surface area contributed by atoms with Crippen LogP contribution in [0.3, 0.4) is 0 Å². The number of hydrogen-bond donors (Lipinski definition) is 0. The van der Waals surface area contributed by atoms with Gasteiger partial charge in [-0.1, -0.05) is 51.5 Å². The Hall–Kier alpha value is -1.18. The maximum absolute atomic E-state index is 14.6. The number of halogens is 2. The van der Waals surface area contributed by atoms with E-state index in [1.54, 1.807) is 18.2 Å². The van der Waals surface area contributed by atoms with E-state index in [9.17, 15) is 8.78 Å². The summed E-state index contributed by atoms with van der Waals surface area (Å²) in [4.78, 5) is 0. The molecule has 0 spiro atoms. The number of benzene rings is 1. The minimum absolute atomic E-state index is 0.230. The van der Waals surface area contributed by atoms with Gasteiger partial charge in [0, 0.05) is 5.56 Å². The van der Waals surface area contributed by atoms with Crippen LogP contribution in [0.2, 0.25) is 0 Å². The van der Waals surface area contributed by atoms with Gasteiger partial charge in [-0.05, 0) is 117 Å². The smallest absolute Gasteiger partial charge is 0.129 e. The van der Waals surface area contributed by atoms with E-state index in [1.165, 1.54) is 77.0 Å². The van der Waals surface area contributed by atoms with Crippen molar-refractivity contribution in [1.29, 1.82) is 0 Å². The maximum atomic E-state index is 14.6. The van der Waals surface area contributed by atoms with Gasteiger partial charge in [0.25, 0.3) is 0 Å². The first-order valence-corrected chi connectivity index (χ1v) is 14.2. The Morgan fingerprint density at radius 3 is 2.09 bits per heavy atom. The molecule has 0 aliphatic heterocycles. The molecule has 1 aromatic rings. The normalized spacial score (nSPS) is 32.3. The SMILES string of the molecule is C=CCCc1c(F)cc(C2CCC3CC(C4CCC(CCCCC)CC4)CCC3C2)cc1F. The zero-order chi connectivity index (χ0) is 23.2. The van der Waals surface area contributed by atoms with Crippen molar-refractivity contribution in [2.45, 2.75) is 116 Å². The summed E-state index contributed by atoms with van der Waals surface area (Å²) in [7, 11) is 0. The molecular weight excluding hydrogens is 410 g/mol. The number of unbranched alkanes of at least 4 members (excludes halogenated alkanes) is 2. The Morgan fingerprint density at radius 2 is 1.42 bits per heavy atom. The van der Waals surface area contributed by atoms with Crippen LogP contribution < -0.4 is 0 Å². The third-order valence-electron chi connectivity index (χ3n) is 9.66. The van der Waals surface area contributed by atoms with Crippen LogP contribution in [0.25, 0.3) is 0 Å².